The van der Waals surface area contributed by atoms with Gasteiger partial charge in [-0.2, -0.15) is 9.78 Å². The van der Waals surface area contributed by atoms with Gasteiger partial charge in [0.05, 0.1) is 41.4 Å². The molecule has 1 fully saturated rings. The number of rotatable bonds is 9. The highest BCUT2D eigenvalue weighted by molar-refractivity contribution is 9.10. The van der Waals surface area contributed by atoms with Crippen LogP contribution in [0.3, 0.4) is 0 Å². The van der Waals surface area contributed by atoms with E-state index < -0.39 is 0 Å². The lowest BCUT2D eigenvalue weighted by Gasteiger charge is -2.26. The van der Waals surface area contributed by atoms with Crippen molar-refractivity contribution in [3.63, 3.8) is 0 Å². The average Bonchev–Trinajstić information content (AvgIpc) is 3.00. The molecule has 9 nitrogen and oxygen atoms in total. The molecule has 0 N–H and O–H groups in total. The molecule has 0 radical (unpaired) electrons. The molecule has 11 heteroatoms. The van der Waals surface area contributed by atoms with Gasteiger partial charge in [-0.05, 0) is 83.2 Å². The third-order valence-corrected chi connectivity index (χ3v) is 8.13. The zero-order chi connectivity index (χ0) is 31.4. The number of para-hydroxylation sites is 1. The molecule has 230 valence electrons. The van der Waals surface area contributed by atoms with Crippen LogP contribution in [0, 0.1) is 6.92 Å². The number of ether oxygens (including phenoxy) is 3. The van der Waals surface area contributed by atoms with E-state index >= 15 is 0 Å². The van der Waals surface area contributed by atoms with E-state index in [1.54, 1.807) is 29.2 Å². The molecule has 1 amide bonds. The van der Waals surface area contributed by atoms with E-state index in [0.29, 0.717) is 70.4 Å². The fourth-order valence-corrected chi connectivity index (χ4v) is 6.01. The number of nitrogens with zero attached hydrogens (tertiary/aromatic N) is 4. The second-order valence-electron chi connectivity index (χ2n) is 10.7. The van der Waals surface area contributed by atoms with E-state index in [9.17, 15) is 9.59 Å². The predicted molar refractivity (Wildman–Crippen MR) is 176 cm³/mol. The fourth-order valence-electron chi connectivity index (χ4n) is 5.06. The minimum Gasteiger partial charge on any atom is -0.494 e. The summed E-state index contributed by atoms with van der Waals surface area (Å²) in [6.07, 6.45) is 1.50. The first kappa shape index (κ1) is 31.7. The second-order valence-corrected chi connectivity index (χ2v) is 12.0. The molecule has 0 aliphatic carbocycles. The van der Waals surface area contributed by atoms with Crippen LogP contribution in [-0.2, 0) is 9.53 Å². The van der Waals surface area contributed by atoms with Crippen molar-refractivity contribution in [3.8, 4) is 22.9 Å². The number of hydrogen-bond donors (Lipinski definition) is 0. The highest BCUT2D eigenvalue weighted by atomic mass is 79.9. The Kier molecular flexibility index (Phi) is 10.0. The van der Waals surface area contributed by atoms with Crippen LogP contribution in [0.5, 0.6) is 11.5 Å². The van der Waals surface area contributed by atoms with Crippen molar-refractivity contribution >= 4 is 50.6 Å². The molecule has 4 aromatic rings. The molecule has 0 bridgehead atoms. The third-order valence-electron chi connectivity index (χ3n) is 7.33. The molecule has 0 saturated carbocycles. The van der Waals surface area contributed by atoms with Crippen LogP contribution in [0.15, 0.2) is 62.9 Å². The number of benzene rings is 3. The van der Waals surface area contributed by atoms with E-state index in [2.05, 4.69) is 34.9 Å². The molecule has 2 heterocycles. The van der Waals surface area contributed by atoms with Gasteiger partial charge >= 0.3 is 0 Å². The molecular formula is C33H34BrClN4O5. The van der Waals surface area contributed by atoms with Gasteiger partial charge in [0.15, 0.2) is 12.4 Å². The number of amides is 1. The number of fused-ring (bicyclic) bond motifs is 1. The Morgan fingerprint density at radius 2 is 1.91 bits per heavy atom. The van der Waals surface area contributed by atoms with E-state index in [1.165, 1.54) is 10.9 Å². The van der Waals surface area contributed by atoms with Crippen molar-refractivity contribution < 1.29 is 19.0 Å². The SMILES string of the molecule is CCOc1cc(C)c(-c2nc3ccccc3c(=O)n2N=Cc2cc(Cl)cc(Br)c2OCC(=O)N2CCOCC2)cc1C(C)C. The maximum absolute atomic E-state index is 13.9. The van der Waals surface area contributed by atoms with Gasteiger partial charge in [-0.3, -0.25) is 9.59 Å². The Balaban J connectivity index is 1.60. The molecule has 0 unspecified atom stereocenters. The van der Waals surface area contributed by atoms with E-state index in [0.717, 1.165) is 22.4 Å². The topological polar surface area (TPSA) is 95.2 Å². The standard InChI is InChI=1S/C33H34BrClN4O5/c1-5-43-29-14-21(4)26(17-25(29)20(2)3)32-37-28-9-7-6-8-24(28)33(41)39(32)36-18-22-15-23(35)16-27(34)31(22)44-19-30(40)38-10-12-42-13-11-38/h6-9,14-18,20H,5,10-13,19H2,1-4H3. The molecule has 5 rings (SSSR count). The summed E-state index contributed by atoms with van der Waals surface area (Å²) in [7, 11) is 0. The van der Waals surface area contributed by atoms with Crippen molar-refractivity contribution in [3.05, 3.63) is 85.1 Å². The molecular weight excluding hydrogens is 648 g/mol. The third kappa shape index (κ3) is 6.82. The van der Waals surface area contributed by atoms with Crippen LogP contribution in [0.2, 0.25) is 5.02 Å². The van der Waals surface area contributed by atoms with Gasteiger partial charge in [0.1, 0.15) is 11.5 Å². The summed E-state index contributed by atoms with van der Waals surface area (Å²) < 4.78 is 19.1. The zero-order valence-corrected chi connectivity index (χ0v) is 27.4. The maximum atomic E-state index is 13.9. The number of carbonyl (C=O) groups is 1. The van der Waals surface area contributed by atoms with Gasteiger partial charge in [-0.1, -0.05) is 37.6 Å². The highest BCUT2D eigenvalue weighted by Gasteiger charge is 2.21. The van der Waals surface area contributed by atoms with Crippen molar-refractivity contribution in [1.82, 2.24) is 14.6 Å². The summed E-state index contributed by atoms with van der Waals surface area (Å²) in [6.45, 7) is 10.5. The van der Waals surface area contributed by atoms with Gasteiger partial charge < -0.3 is 19.1 Å². The summed E-state index contributed by atoms with van der Waals surface area (Å²) in [4.78, 5) is 33.3. The first-order chi connectivity index (χ1) is 21.2. The van der Waals surface area contributed by atoms with Gasteiger partial charge in [0.25, 0.3) is 11.5 Å². The highest BCUT2D eigenvalue weighted by Crippen LogP contribution is 2.35. The van der Waals surface area contributed by atoms with Crippen molar-refractivity contribution in [1.29, 1.82) is 0 Å². The van der Waals surface area contributed by atoms with Gasteiger partial charge in [0.2, 0.25) is 0 Å². The summed E-state index contributed by atoms with van der Waals surface area (Å²) in [5, 5.41) is 5.51. The van der Waals surface area contributed by atoms with Gasteiger partial charge in [-0.25, -0.2) is 4.98 Å². The summed E-state index contributed by atoms with van der Waals surface area (Å²) >= 11 is 9.91. The van der Waals surface area contributed by atoms with Gasteiger partial charge in [-0.15, -0.1) is 0 Å². The number of carbonyl (C=O) groups excluding carboxylic acids is 1. The Morgan fingerprint density at radius 3 is 2.64 bits per heavy atom. The predicted octanol–water partition coefficient (Wildman–Crippen LogP) is 6.43. The molecule has 1 aliphatic rings. The normalized spacial score (nSPS) is 13.7. The lowest BCUT2D eigenvalue weighted by atomic mass is 9.96. The molecule has 1 aliphatic heterocycles. The largest absolute Gasteiger partial charge is 0.494 e. The van der Waals surface area contributed by atoms with Crippen LogP contribution in [-0.4, -0.2) is 66.2 Å². The van der Waals surface area contributed by atoms with Crippen LogP contribution in [0.4, 0.5) is 0 Å². The summed E-state index contributed by atoms with van der Waals surface area (Å²) in [5.74, 6) is 1.59. The molecule has 3 aromatic carbocycles. The van der Waals surface area contributed by atoms with Crippen molar-refractivity contribution in [2.75, 3.05) is 39.5 Å². The molecule has 1 saturated heterocycles. The fraction of sp³-hybridized carbons (Fsp3) is 0.333. The van der Waals surface area contributed by atoms with Gasteiger partial charge in [0, 0.05) is 29.2 Å². The average molecular weight is 682 g/mol. The minimum absolute atomic E-state index is 0.151. The van der Waals surface area contributed by atoms with Crippen LogP contribution in [0.25, 0.3) is 22.3 Å². The first-order valence-electron chi connectivity index (χ1n) is 14.5. The number of aromatic nitrogens is 2. The monoisotopic (exact) mass is 680 g/mol. The number of morpholine rings is 1. The van der Waals surface area contributed by atoms with E-state index in [-0.39, 0.29) is 24.0 Å². The van der Waals surface area contributed by atoms with Crippen LogP contribution >= 0.6 is 27.5 Å². The van der Waals surface area contributed by atoms with Crippen molar-refractivity contribution in [2.45, 2.75) is 33.6 Å². The Hall–Kier alpha value is -3.73. The zero-order valence-electron chi connectivity index (χ0n) is 25.1. The maximum Gasteiger partial charge on any atom is 0.282 e. The van der Waals surface area contributed by atoms with Crippen LogP contribution in [0.1, 0.15) is 43.4 Å². The molecule has 0 spiro atoms. The van der Waals surface area contributed by atoms with E-state index in [4.69, 9.17) is 30.8 Å². The Bertz CT molecular complexity index is 1780. The molecule has 44 heavy (non-hydrogen) atoms. The second kappa shape index (κ2) is 13.9. The van der Waals surface area contributed by atoms with E-state index in [1.807, 2.05) is 38.1 Å². The minimum atomic E-state index is -0.327. The number of aryl methyl sites for hydroxylation is 1. The Morgan fingerprint density at radius 1 is 1.16 bits per heavy atom. The number of hydrogen-bond acceptors (Lipinski definition) is 7. The molecule has 0 atom stereocenters. The quantitative estimate of drug-likeness (QED) is 0.189. The first-order valence-corrected chi connectivity index (χ1v) is 15.7. The lowest BCUT2D eigenvalue weighted by Crippen LogP contribution is -2.43. The Labute approximate surface area is 269 Å². The summed E-state index contributed by atoms with van der Waals surface area (Å²) in [5.41, 5.74) is 3.38. The van der Waals surface area contributed by atoms with Crippen molar-refractivity contribution in [2.24, 2.45) is 5.10 Å². The lowest BCUT2D eigenvalue weighted by molar-refractivity contribution is -0.137. The van der Waals surface area contributed by atoms with Crippen LogP contribution < -0.4 is 15.0 Å². The number of halogens is 2. The summed E-state index contributed by atoms with van der Waals surface area (Å²) in [6, 6.07) is 14.5. The molecule has 1 aromatic heterocycles. The smallest absolute Gasteiger partial charge is 0.282 e.